The highest BCUT2D eigenvalue weighted by atomic mass is 16.5. The van der Waals surface area contributed by atoms with Crippen LogP contribution in [0.2, 0.25) is 0 Å². The van der Waals surface area contributed by atoms with Gasteiger partial charge in [0.25, 0.3) is 0 Å². The Morgan fingerprint density at radius 1 is 1.17 bits per heavy atom. The summed E-state index contributed by atoms with van der Waals surface area (Å²) < 4.78 is 14.8. The van der Waals surface area contributed by atoms with Gasteiger partial charge in [0.05, 0.1) is 7.11 Å². The first-order valence-corrected chi connectivity index (χ1v) is 6.98. The lowest BCUT2D eigenvalue weighted by Crippen LogP contribution is -2.24. The minimum absolute atomic E-state index is 0.127. The number of amides is 1. The Hall–Kier alpha value is -3.02. The van der Waals surface area contributed by atoms with Crippen LogP contribution in [0.1, 0.15) is 21.9 Å². The summed E-state index contributed by atoms with van der Waals surface area (Å²) in [6, 6.07) is 12.6. The Bertz CT molecular complexity index is 675. The van der Waals surface area contributed by atoms with E-state index in [0.717, 1.165) is 5.56 Å². The topological polar surface area (TPSA) is 77.8 Å². The quantitative estimate of drug-likeness (QED) is 0.829. The van der Waals surface area contributed by atoms with E-state index in [0.29, 0.717) is 5.76 Å². The molecular formula is C17H17NO5. The number of methoxy groups -OCH3 is 1. The fraction of sp³-hybridized carbons (Fsp3) is 0.176. The summed E-state index contributed by atoms with van der Waals surface area (Å²) in [5, 5.41) is 2.58. The zero-order valence-corrected chi connectivity index (χ0v) is 12.7. The molecule has 0 atom stereocenters. The molecule has 1 amide bonds. The molecule has 0 radical (unpaired) electrons. The standard InChI is InChI=1S/C17H17NO5/c1-21-16(19)15-10-9-14(23-15)8-5-11-18-17(20)22-12-13-6-3-2-4-7-13/h2-10H,11-12H2,1H3,(H,18,20). The van der Waals surface area contributed by atoms with Crippen LogP contribution in [0.4, 0.5) is 4.79 Å². The van der Waals surface area contributed by atoms with Crippen molar-refractivity contribution in [1.82, 2.24) is 5.32 Å². The molecule has 0 aliphatic carbocycles. The predicted molar refractivity (Wildman–Crippen MR) is 83.7 cm³/mol. The minimum atomic E-state index is -0.535. The highest BCUT2D eigenvalue weighted by Gasteiger charge is 2.09. The maximum Gasteiger partial charge on any atom is 0.407 e. The van der Waals surface area contributed by atoms with Crippen molar-refractivity contribution >= 4 is 18.1 Å². The Morgan fingerprint density at radius 3 is 2.70 bits per heavy atom. The SMILES string of the molecule is COC(=O)c1ccc(C=CCNC(=O)OCc2ccccc2)o1. The average Bonchev–Trinajstić information content (AvgIpc) is 3.06. The van der Waals surface area contributed by atoms with E-state index in [-0.39, 0.29) is 18.9 Å². The molecule has 23 heavy (non-hydrogen) atoms. The van der Waals surface area contributed by atoms with Gasteiger partial charge in [-0.1, -0.05) is 36.4 Å². The normalized spacial score (nSPS) is 10.5. The summed E-state index contributed by atoms with van der Waals surface area (Å²) in [6.45, 7) is 0.499. The molecular weight excluding hydrogens is 298 g/mol. The molecule has 0 aliphatic rings. The van der Waals surface area contributed by atoms with Gasteiger partial charge in [-0.25, -0.2) is 9.59 Å². The number of nitrogens with one attached hydrogen (secondary N) is 1. The first kappa shape index (κ1) is 16.4. The first-order valence-electron chi connectivity index (χ1n) is 6.98. The second-order valence-electron chi connectivity index (χ2n) is 4.54. The number of esters is 1. The molecule has 0 saturated heterocycles. The van der Waals surface area contributed by atoms with Crippen LogP contribution in [-0.2, 0) is 16.1 Å². The Morgan fingerprint density at radius 2 is 1.96 bits per heavy atom. The number of furan rings is 1. The van der Waals surface area contributed by atoms with Gasteiger partial charge in [0.15, 0.2) is 0 Å². The summed E-state index contributed by atoms with van der Waals surface area (Å²) in [5.41, 5.74) is 0.920. The summed E-state index contributed by atoms with van der Waals surface area (Å²) in [5.74, 6) is 0.0829. The van der Waals surface area contributed by atoms with Crippen molar-refractivity contribution in [2.24, 2.45) is 0 Å². The molecule has 0 spiro atoms. The lowest BCUT2D eigenvalue weighted by atomic mass is 10.2. The van der Waals surface area contributed by atoms with E-state index in [1.807, 2.05) is 30.3 Å². The van der Waals surface area contributed by atoms with Gasteiger partial charge in [-0.15, -0.1) is 0 Å². The van der Waals surface area contributed by atoms with Gasteiger partial charge in [-0.2, -0.15) is 0 Å². The van der Waals surface area contributed by atoms with Crippen LogP contribution < -0.4 is 5.32 Å². The summed E-state index contributed by atoms with van der Waals surface area (Å²) in [6.07, 6.45) is 2.82. The summed E-state index contributed by atoms with van der Waals surface area (Å²) in [7, 11) is 1.28. The van der Waals surface area contributed by atoms with Crippen LogP contribution in [0.25, 0.3) is 6.08 Å². The van der Waals surface area contributed by atoms with Crippen LogP contribution in [-0.4, -0.2) is 25.7 Å². The second kappa shape index (κ2) is 8.43. The Labute approximate surface area is 133 Å². The van der Waals surface area contributed by atoms with Crippen molar-refractivity contribution in [3.8, 4) is 0 Å². The van der Waals surface area contributed by atoms with Crippen LogP contribution in [0.3, 0.4) is 0 Å². The Balaban J connectivity index is 1.70. The molecule has 2 aromatic rings. The number of ether oxygens (including phenoxy) is 2. The number of carbonyl (C=O) groups excluding carboxylic acids is 2. The number of benzene rings is 1. The molecule has 1 aromatic heterocycles. The van der Waals surface area contributed by atoms with E-state index in [1.165, 1.54) is 13.2 Å². The van der Waals surface area contributed by atoms with E-state index in [2.05, 4.69) is 10.1 Å². The number of hydrogen-bond acceptors (Lipinski definition) is 5. The maximum absolute atomic E-state index is 11.5. The third kappa shape index (κ3) is 5.35. The predicted octanol–water partition coefficient (Wildman–Crippen LogP) is 3.01. The van der Waals surface area contributed by atoms with E-state index in [4.69, 9.17) is 9.15 Å². The van der Waals surface area contributed by atoms with Crippen molar-refractivity contribution in [2.45, 2.75) is 6.61 Å². The smallest absolute Gasteiger partial charge is 0.407 e. The second-order valence-corrected chi connectivity index (χ2v) is 4.54. The maximum atomic E-state index is 11.5. The van der Waals surface area contributed by atoms with E-state index >= 15 is 0 Å². The summed E-state index contributed by atoms with van der Waals surface area (Å²) >= 11 is 0. The van der Waals surface area contributed by atoms with Crippen LogP contribution >= 0.6 is 0 Å². The van der Waals surface area contributed by atoms with Crippen LogP contribution in [0.5, 0.6) is 0 Å². The fourth-order valence-corrected chi connectivity index (χ4v) is 1.74. The highest BCUT2D eigenvalue weighted by molar-refractivity contribution is 5.86. The van der Waals surface area contributed by atoms with Gasteiger partial charge < -0.3 is 19.2 Å². The molecule has 0 bridgehead atoms. The van der Waals surface area contributed by atoms with Gasteiger partial charge in [-0.05, 0) is 23.8 Å². The van der Waals surface area contributed by atoms with Gasteiger partial charge in [0, 0.05) is 6.54 Å². The Kier molecular flexibility index (Phi) is 5.99. The molecule has 0 aliphatic heterocycles. The molecule has 0 unspecified atom stereocenters. The number of carbonyl (C=O) groups is 2. The van der Waals surface area contributed by atoms with Crippen molar-refractivity contribution in [1.29, 1.82) is 0 Å². The molecule has 1 heterocycles. The minimum Gasteiger partial charge on any atom is -0.463 e. The summed E-state index contributed by atoms with van der Waals surface area (Å²) in [4.78, 5) is 22.7. The monoisotopic (exact) mass is 315 g/mol. The van der Waals surface area contributed by atoms with Crippen LogP contribution in [0, 0.1) is 0 Å². The largest absolute Gasteiger partial charge is 0.463 e. The van der Waals surface area contributed by atoms with Crippen molar-refractivity contribution < 1.29 is 23.5 Å². The molecule has 120 valence electrons. The molecule has 0 saturated carbocycles. The fourth-order valence-electron chi connectivity index (χ4n) is 1.74. The molecule has 2 rings (SSSR count). The number of hydrogen-bond donors (Lipinski definition) is 1. The molecule has 1 aromatic carbocycles. The highest BCUT2D eigenvalue weighted by Crippen LogP contribution is 2.10. The van der Waals surface area contributed by atoms with Gasteiger partial charge in [0.1, 0.15) is 12.4 Å². The molecule has 6 nitrogen and oxygen atoms in total. The first-order chi connectivity index (χ1) is 11.2. The van der Waals surface area contributed by atoms with E-state index < -0.39 is 12.1 Å². The third-order valence-corrected chi connectivity index (χ3v) is 2.87. The third-order valence-electron chi connectivity index (χ3n) is 2.87. The zero-order valence-electron chi connectivity index (χ0n) is 12.7. The van der Waals surface area contributed by atoms with Crippen molar-refractivity contribution in [3.05, 3.63) is 65.6 Å². The van der Waals surface area contributed by atoms with E-state index in [1.54, 1.807) is 18.2 Å². The number of rotatable bonds is 6. The van der Waals surface area contributed by atoms with E-state index in [9.17, 15) is 9.59 Å². The molecule has 1 N–H and O–H groups in total. The number of alkyl carbamates (subject to hydrolysis) is 1. The zero-order chi connectivity index (χ0) is 16.5. The van der Waals surface area contributed by atoms with Gasteiger partial charge in [0.2, 0.25) is 5.76 Å². The van der Waals surface area contributed by atoms with Gasteiger partial charge in [-0.3, -0.25) is 0 Å². The molecule has 6 heteroatoms. The van der Waals surface area contributed by atoms with Crippen molar-refractivity contribution in [3.63, 3.8) is 0 Å². The van der Waals surface area contributed by atoms with Crippen LogP contribution in [0.15, 0.2) is 53.0 Å². The lowest BCUT2D eigenvalue weighted by Gasteiger charge is -2.04. The van der Waals surface area contributed by atoms with Crippen molar-refractivity contribution in [2.75, 3.05) is 13.7 Å². The molecule has 0 fully saturated rings. The lowest BCUT2D eigenvalue weighted by molar-refractivity contribution is 0.0564. The average molecular weight is 315 g/mol. The van der Waals surface area contributed by atoms with Gasteiger partial charge >= 0.3 is 12.1 Å².